The van der Waals surface area contributed by atoms with Crippen molar-refractivity contribution < 1.29 is 9.53 Å². The van der Waals surface area contributed by atoms with Crippen LogP contribution in [0, 0.1) is 6.92 Å². The lowest BCUT2D eigenvalue weighted by Crippen LogP contribution is -2.22. The summed E-state index contributed by atoms with van der Waals surface area (Å²) in [7, 11) is 5.39. The van der Waals surface area contributed by atoms with Gasteiger partial charge in [-0.25, -0.2) is 0 Å². The zero-order valence-electron chi connectivity index (χ0n) is 9.70. The van der Waals surface area contributed by atoms with Crippen molar-refractivity contribution in [2.45, 2.75) is 6.92 Å². The van der Waals surface area contributed by atoms with Crippen LogP contribution >= 0.6 is 0 Å². The molecule has 1 rings (SSSR count). The van der Waals surface area contributed by atoms with Crippen molar-refractivity contribution in [1.29, 1.82) is 0 Å². The molecule has 3 nitrogen and oxygen atoms in total. The van der Waals surface area contributed by atoms with E-state index >= 15 is 0 Å². The predicted molar refractivity (Wildman–Crippen MR) is 60.6 cm³/mol. The van der Waals surface area contributed by atoms with Gasteiger partial charge in [-0.3, -0.25) is 4.79 Å². The van der Waals surface area contributed by atoms with Crippen molar-refractivity contribution in [3.63, 3.8) is 0 Å². The van der Waals surface area contributed by atoms with Crippen LogP contribution in [0.3, 0.4) is 0 Å². The highest BCUT2D eigenvalue weighted by Gasteiger charge is 2.10. The maximum atomic E-state index is 11.8. The Labute approximate surface area is 90.7 Å². The quantitative estimate of drug-likeness (QED) is 0.704. The van der Waals surface area contributed by atoms with E-state index in [0.29, 0.717) is 6.54 Å². The first-order chi connectivity index (χ1) is 7.04. The van der Waals surface area contributed by atoms with Crippen molar-refractivity contribution in [2.75, 3.05) is 27.7 Å². The molecule has 15 heavy (non-hydrogen) atoms. The van der Waals surface area contributed by atoms with Crippen molar-refractivity contribution in [3.8, 4) is 5.75 Å². The summed E-state index contributed by atoms with van der Waals surface area (Å²) in [5.41, 5.74) is 1.73. The van der Waals surface area contributed by atoms with Gasteiger partial charge in [0, 0.05) is 5.56 Å². The monoisotopic (exact) mass is 207 g/mol. The minimum atomic E-state index is 0.139. The van der Waals surface area contributed by atoms with Crippen molar-refractivity contribution in [1.82, 2.24) is 4.90 Å². The second-order valence-corrected chi connectivity index (χ2v) is 3.84. The van der Waals surface area contributed by atoms with Crippen LogP contribution < -0.4 is 4.74 Å². The fraction of sp³-hybridized carbons (Fsp3) is 0.417. The standard InChI is InChI=1S/C12H17NO2/c1-9-7-10(15-4)5-6-11(9)12(14)8-13(2)3/h5-7H,8H2,1-4H3. The van der Waals surface area contributed by atoms with E-state index in [-0.39, 0.29) is 5.78 Å². The third-order valence-electron chi connectivity index (χ3n) is 2.19. The number of benzene rings is 1. The lowest BCUT2D eigenvalue weighted by molar-refractivity contribution is 0.0957. The van der Waals surface area contributed by atoms with Crippen LogP contribution in [0.5, 0.6) is 5.75 Å². The summed E-state index contributed by atoms with van der Waals surface area (Å²) < 4.78 is 5.09. The molecule has 0 amide bonds. The van der Waals surface area contributed by atoms with E-state index in [1.54, 1.807) is 7.11 Å². The number of ether oxygens (including phenoxy) is 1. The molecule has 1 aromatic rings. The van der Waals surface area contributed by atoms with E-state index in [1.165, 1.54) is 0 Å². The number of hydrogen-bond donors (Lipinski definition) is 0. The van der Waals surface area contributed by atoms with Gasteiger partial charge in [-0.05, 0) is 44.8 Å². The summed E-state index contributed by atoms with van der Waals surface area (Å²) in [4.78, 5) is 13.7. The van der Waals surface area contributed by atoms with Gasteiger partial charge in [0.2, 0.25) is 0 Å². The predicted octanol–water partition coefficient (Wildman–Crippen LogP) is 1.75. The summed E-state index contributed by atoms with van der Waals surface area (Å²) >= 11 is 0. The van der Waals surface area contributed by atoms with Gasteiger partial charge in [-0.2, -0.15) is 0 Å². The highest BCUT2D eigenvalue weighted by atomic mass is 16.5. The Hall–Kier alpha value is -1.35. The zero-order valence-corrected chi connectivity index (χ0v) is 9.70. The number of likely N-dealkylation sites (N-methyl/N-ethyl adjacent to an activating group) is 1. The van der Waals surface area contributed by atoms with Gasteiger partial charge in [-0.1, -0.05) is 0 Å². The average molecular weight is 207 g/mol. The van der Waals surface area contributed by atoms with E-state index < -0.39 is 0 Å². The smallest absolute Gasteiger partial charge is 0.177 e. The fourth-order valence-electron chi connectivity index (χ4n) is 1.45. The number of ketones is 1. The minimum absolute atomic E-state index is 0.139. The molecule has 0 fully saturated rings. The van der Waals surface area contributed by atoms with E-state index in [0.717, 1.165) is 16.9 Å². The molecule has 82 valence electrons. The average Bonchev–Trinajstić information content (AvgIpc) is 2.16. The molecule has 0 aliphatic heterocycles. The zero-order chi connectivity index (χ0) is 11.4. The highest BCUT2D eigenvalue weighted by Crippen LogP contribution is 2.17. The highest BCUT2D eigenvalue weighted by molar-refractivity contribution is 5.99. The Morgan fingerprint density at radius 3 is 2.53 bits per heavy atom. The third kappa shape index (κ3) is 3.06. The molecule has 0 spiro atoms. The topological polar surface area (TPSA) is 29.5 Å². The molecule has 0 saturated carbocycles. The summed E-state index contributed by atoms with van der Waals surface area (Å²) in [6.45, 7) is 2.36. The van der Waals surface area contributed by atoms with Gasteiger partial charge in [0.1, 0.15) is 5.75 Å². The summed E-state index contributed by atoms with van der Waals surface area (Å²) in [5.74, 6) is 0.925. The number of carbonyl (C=O) groups is 1. The number of rotatable bonds is 4. The molecule has 0 saturated heterocycles. The number of aryl methyl sites for hydroxylation is 1. The van der Waals surface area contributed by atoms with Crippen molar-refractivity contribution >= 4 is 5.78 Å². The van der Waals surface area contributed by atoms with Crippen LogP contribution in [-0.2, 0) is 0 Å². The van der Waals surface area contributed by atoms with Crippen molar-refractivity contribution in [3.05, 3.63) is 29.3 Å². The molecule has 0 aliphatic carbocycles. The largest absolute Gasteiger partial charge is 0.497 e. The number of nitrogens with zero attached hydrogens (tertiary/aromatic N) is 1. The SMILES string of the molecule is COc1ccc(C(=O)CN(C)C)c(C)c1. The van der Waals surface area contributed by atoms with E-state index in [4.69, 9.17) is 4.74 Å². The maximum Gasteiger partial charge on any atom is 0.177 e. The molecule has 1 aromatic carbocycles. The van der Waals surface area contributed by atoms with Gasteiger partial charge < -0.3 is 9.64 Å². The van der Waals surface area contributed by atoms with E-state index in [9.17, 15) is 4.79 Å². The Balaban J connectivity index is 2.90. The summed E-state index contributed by atoms with van der Waals surface area (Å²) in [5, 5.41) is 0. The first kappa shape index (κ1) is 11.7. The van der Waals surface area contributed by atoms with Gasteiger partial charge in [0.05, 0.1) is 13.7 Å². The second kappa shape index (κ2) is 4.94. The molecule has 0 radical (unpaired) electrons. The number of hydrogen-bond acceptors (Lipinski definition) is 3. The first-order valence-corrected chi connectivity index (χ1v) is 4.87. The van der Waals surface area contributed by atoms with Gasteiger partial charge in [0.25, 0.3) is 0 Å². The molecular weight excluding hydrogens is 190 g/mol. The van der Waals surface area contributed by atoms with Crippen LogP contribution in [0.15, 0.2) is 18.2 Å². The Morgan fingerprint density at radius 1 is 1.40 bits per heavy atom. The molecule has 0 bridgehead atoms. The molecule has 0 aromatic heterocycles. The van der Waals surface area contributed by atoms with E-state index in [1.807, 2.05) is 44.1 Å². The normalized spacial score (nSPS) is 10.5. The third-order valence-corrected chi connectivity index (χ3v) is 2.19. The lowest BCUT2D eigenvalue weighted by atomic mass is 10.0. The van der Waals surface area contributed by atoms with Crippen LogP contribution in [-0.4, -0.2) is 38.4 Å². The molecule has 0 unspecified atom stereocenters. The Bertz CT molecular complexity index is 359. The Morgan fingerprint density at radius 2 is 2.07 bits per heavy atom. The molecule has 0 atom stereocenters. The first-order valence-electron chi connectivity index (χ1n) is 4.87. The fourth-order valence-corrected chi connectivity index (χ4v) is 1.45. The van der Waals surface area contributed by atoms with Crippen LogP contribution in [0.1, 0.15) is 15.9 Å². The lowest BCUT2D eigenvalue weighted by Gasteiger charge is -2.11. The van der Waals surface area contributed by atoms with Crippen LogP contribution in [0.2, 0.25) is 0 Å². The summed E-state index contributed by atoms with van der Waals surface area (Å²) in [6, 6.07) is 5.51. The number of carbonyl (C=O) groups excluding carboxylic acids is 1. The molecular formula is C12H17NO2. The second-order valence-electron chi connectivity index (χ2n) is 3.84. The van der Waals surface area contributed by atoms with Gasteiger partial charge >= 0.3 is 0 Å². The van der Waals surface area contributed by atoms with Gasteiger partial charge in [-0.15, -0.1) is 0 Å². The minimum Gasteiger partial charge on any atom is -0.497 e. The molecule has 0 aliphatic rings. The van der Waals surface area contributed by atoms with E-state index in [2.05, 4.69) is 0 Å². The number of methoxy groups -OCH3 is 1. The van der Waals surface area contributed by atoms with Crippen molar-refractivity contribution in [2.24, 2.45) is 0 Å². The number of Topliss-reactive ketones (excluding diaryl/α,β-unsaturated/α-hetero) is 1. The van der Waals surface area contributed by atoms with Crippen LogP contribution in [0.25, 0.3) is 0 Å². The summed E-state index contributed by atoms with van der Waals surface area (Å²) in [6.07, 6.45) is 0. The van der Waals surface area contributed by atoms with Crippen LogP contribution in [0.4, 0.5) is 0 Å². The molecule has 3 heteroatoms. The Kier molecular flexibility index (Phi) is 3.86. The molecule has 0 N–H and O–H groups in total. The maximum absolute atomic E-state index is 11.8. The molecule has 0 heterocycles. The van der Waals surface area contributed by atoms with Gasteiger partial charge in [0.15, 0.2) is 5.78 Å².